The third kappa shape index (κ3) is 4.32. The zero-order valence-corrected chi connectivity index (χ0v) is 14.0. The number of aromatic nitrogens is 1. The average Bonchev–Trinajstić information content (AvgIpc) is 3.03. The van der Waals surface area contributed by atoms with Crippen molar-refractivity contribution in [2.75, 3.05) is 26.2 Å². The average molecular weight is 305 g/mol. The number of nitrogens with one attached hydrogen (secondary N) is 1. The Bertz CT molecular complexity index is 416. The molecule has 1 aromatic rings. The zero-order chi connectivity index (χ0) is 15.3. The van der Waals surface area contributed by atoms with E-state index in [1.807, 2.05) is 6.07 Å². The van der Waals surface area contributed by atoms with E-state index in [0.29, 0.717) is 6.04 Å². The topological polar surface area (TPSA) is 41.3 Å². The van der Waals surface area contributed by atoms with Crippen LogP contribution in [0.15, 0.2) is 16.8 Å². The molecule has 1 saturated carbocycles. The first-order chi connectivity index (χ1) is 10.8. The maximum absolute atomic E-state index is 5.16. The standard InChI is InChI=1S/C18H31N3O/c1-16(15-17-5-10-20-22-17)19-11-14-21-12-8-18(9-13-21)6-3-2-4-7-18/h5,10,16,19H,2-4,6-9,11-15H2,1H3. The van der Waals surface area contributed by atoms with Crippen molar-refractivity contribution in [2.24, 2.45) is 5.41 Å². The van der Waals surface area contributed by atoms with E-state index in [4.69, 9.17) is 4.52 Å². The Morgan fingerprint density at radius 3 is 2.68 bits per heavy atom. The SMILES string of the molecule is CC(Cc1ccno1)NCCN1CCC2(CCCCC2)CC1. The molecule has 1 atom stereocenters. The van der Waals surface area contributed by atoms with Gasteiger partial charge in [-0.25, -0.2) is 0 Å². The predicted molar refractivity (Wildman–Crippen MR) is 88.9 cm³/mol. The minimum Gasteiger partial charge on any atom is -0.361 e. The maximum Gasteiger partial charge on any atom is 0.138 e. The van der Waals surface area contributed by atoms with Crippen molar-refractivity contribution in [1.29, 1.82) is 0 Å². The Hall–Kier alpha value is -0.870. The van der Waals surface area contributed by atoms with Gasteiger partial charge in [-0.3, -0.25) is 0 Å². The summed E-state index contributed by atoms with van der Waals surface area (Å²) < 4.78 is 5.16. The van der Waals surface area contributed by atoms with E-state index >= 15 is 0 Å². The summed E-state index contributed by atoms with van der Waals surface area (Å²) in [5.74, 6) is 0.970. The third-order valence-electron chi connectivity index (χ3n) is 5.75. The molecule has 2 aliphatic rings. The first-order valence-corrected chi connectivity index (χ1v) is 9.11. The number of likely N-dealkylation sites (tertiary alicyclic amines) is 1. The molecule has 0 radical (unpaired) electrons. The molecule has 0 aromatic carbocycles. The predicted octanol–water partition coefficient (Wildman–Crippen LogP) is 3.24. The molecular formula is C18H31N3O. The van der Waals surface area contributed by atoms with Gasteiger partial charge in [0.05, 0.1) is 6.20 Å². The fraction of sp³-hybridized carbons (Fsp3) is 0.833. The van der Waals surface area contributed by atoms with E-state index in [2.05, 4.69) is 22.3 Å². The molecule has 2 fully saturated rings. The van der Waals surface area contributed by atoms with Crippen LogP contribution in [0.5, 0.6) is 0 Å². The van der Waals surface area contributed by atoms with Gasteiger partial charge >= 0.3 is 0 Å². The number of hydrogen-bond donors (Lipinski definition) is 1. The molecule has 1 saturated heterocycles. The van der Waals surface area contributed by atoms with Gasteiger partial charge in [-0.2, -0.15) is 0 Å². The van der Waals surface area contributed by atoms with Gasteiger partial charge in [0.15, 0.2) is 0 Å². The van der Waals surface area contributed by atoms with Crippen LogP contribution in [0.25, 0.3) is 0 Å². The molecule has 3 rings (SSSR count). The van der Waals surface area contributed by atoms with Crippen molar-refractivity contribution < 1.29 is 4.52 Å². The van der Waals surface area contributed by atoms with E-state index in [1.165, 1.54) is 64.6 Å². The highest BCUT2D eigenvalue weighted by atomic mass is 16.5. The summed E-state index contributed by atoms with van der Waals surface area (Å²) in [5.41, 5.74) is 0.724. The molecule has 1 spiro atoms. The fourth-order valence-corrected chi connectivity index (χ4v) is 4.24. The smallest absolute Gasteiger partial charge is 0.138 e. The van der Waals surface area contributed by atoms with E-state index in [9.17, 15) is 0 Å². The van der Waals surface area contributed by atoms with Gasteiger partial charge in [-0.15, -0.1) is 0 Å². The van der Waals surface area contributed by atoms with Crippen LogP contribution >= 0.6 is 0 Å². The quantitative estimate of drug-likeness (QED) is 0.876. The maximum atomic E-state index is 5.16. The fourth-order valence-electron chi connectivity index (χ4n) is 4.24. The molecule has 2 heterocycles. The van der Waals surface area contributed by atoms with E-state index < -0.39 is 0 Å². The molecule has 22 heavy (non-hydrogen) atoms. The first-order valence-electron chi connectivity index (χ1n) is 9.11. The summed E-state index contributed by atoms with van der Waals surface area (Å²) in [6.07, 6.45) is 12.9. The van der Waals surface area contributed by atoms with Crippen LogP contribution in [0, 0.1) is 5.41 Å². The summed E-state index contributed by atoms with van der Waals surface area (Å²) in [4.78, 5) is 2.65. The Balaban J connectivity index is 1.31. The molecule has 124 valence electrons. The van der Waals surface area contributed by atoms with Crippen LogP contribution in [0.2, 0.25) is 0 Å². The van der Waals surface area contributed by atoms with Gasteiger partial charge in [0.2, 0.25) is 0 Å². The lowest BCUT2D eigenvalue weighted by atomic mass is 9.68. The molecule has 1 N–H and O–H groups in total. The summed E-state index contributed by atoms with van der Waals surface area (Å²) in [6, 6.07) is 2.40. The van der Waals surface area contributed by atoms with Crippen molar-refractivity contribution in [3.05, 3.63) is 18.0 Å². The van der Waals surface area contributed by atoms with Crippen LogP contribution in [0.3, 0.4) is 0 Å². The molecule has 4 nitrogen and oxygen atoms in total. The van der Waals surface area contributed by atoms with Crippen molar-refractivity contribution in [1.82, 2.24) is 15.4 Å². The van der Waals surface area contributed by atoms with E-state index in [0.717, 1.165) is 24.1 Å². The summed E-state index contributed by atoms with van der Waals surface area (Å²) in [6.45, 7) is 7.07. The second-order valence-corrected chi connectivity index (χ2v) is 7.44. The van der Waals surface area contributed by atoms with Crippen LogP contribution in [-0.4, -0.2) is 42.3 Å². The minimum absolute atomic E-state index is 0.447. The zero-order valence-electron chi connectivity index (χ0n) is 14.0. The van der Waals surface area contributed by atoms with Gasteiger partial charge in [0, 0.05) is 31.6 Å². The number of nitrogens with zero attached hydrogens (tertiary/aromatic N) is 2. The number of rotatable bonds is 6. The Labute approximate surface area is 134 Å². The lowest BCUT2D eigenvalue weighted by molar-refractivity contribution is 0.0680. The van der Waals surface area contributed by atoms with Crippen molar-refractivity contribution in [3.8, 4) is 0 Å². The second-order valence-electron chi connectivity index (χ2n) is 7.44. The van der Waals surface area contributed by atoms with Crippen LogP contribution in [-0.2, 0) is 6.42 Å². The molecule has 4 heteroatoms. The normalized spacial score (nSPS) is 23.7. The monoisotopic (exact) mass is 305 g/mol. The molecular weight excluding hydrogens is 274 g/mol. The molecule has 0 bridgehead atoms. The Kier molecular flexibility index (Phi) is 5.53. The second kappa shape index (κ2) is 7.60. The Morgan fingerprint density at radius 2 is 2.00 bits per heavy atom. The highest BCUT2D eigenvalue weighted by Gasteiger charge is 2.35. The summed E-state index contributed by atoms with van der Waals surface area (Å²) in [7, 11) is 0. The number of hydrogen-bond acceptors (Lipinski definition) is 4. The third-order valence-corrected chi connectivity index (χ3v) is 5.75. The molecule has 1 aliphatic heterocycles. The van der Waals surface area contributed by atoms with Crippen molar-refractivity contribution in [3.63, 3.8) is 0 Å². The van der Waals surface area contributed by atoms with Crippen molar-refractivity contribution >= 4 is 0 Å². The molecule has 1 aromatic heterocycles. The number of piperidine rings is 1. The van der Waals surface area contributed by atoms with Gasteiger partial charge in [0.25, 0.3) is 0 Å². The van der Waals surface area contributed by atoms with Crippen LogP contribution < -0.4 is 5.32 Å². The largest absolute Gasteiger partial charge is 0.361 e. The Morgan fingerprint density at radius 1 is 1.23 bits per heavy atom. The van der Waals surface area contributed by atoms with E-state index in [-0.39, 0.29) is 0 Å². The molecule has 1 unspecified atom stereocenters. The van der Waals surface area contributed by atoms with E-state index in [1.54, 1.807) is 6.20 Å². The highest BCUT2D eigenvalue weighted by Crippen LogP contribution is 2.44. The summed E-state index contributed by atoms with van der Waals surface area (Å²) in [5, 5.41) is 7.37. The summed E-state index contributed by atoms with van der Waals surface area (Å²) >= 11 is 0. The van der Waals surface area contributed by atoms with Gasteiger partial charge in [-0.1, -0.05) is 24.4 Å². The lowest BCUT2D eigenvalue weighted by Gasteiger charge is -2.44. The highest BCUT2D eigenvalue weighted by molar-refractivity contribution is 4.95. The van der Waals surface area contributed by atoms with Gasteiger partial charge in [0.1, 0.15) is 5.76 Å². The molecule has 0 amide bonds. The first kappa shape index (κ1) is 16.0. The minimum atomic E-state index is 0.447. The lowest BCUT2D eigenvalue weighted by Crippen LogP contribution is -2.44. The van der Waals surface area contributed by atoms with Crippen molar-refractivity contribution in [2.45, 2.75) is 64.3 Å². The van der Waals surface area contributed by atoms with Crippen LogP contribution in [0.4, 0.5) is 0 Å². The van der Waals surface area contributed by atoms with Gasteiger partial charge < -0.3 is 14.7 Å². The van der Waals surface area contributed by atoms with Gasteiger partial charge in [-0.05, 0) is 51.1 Å². The van der Waals surface area contributed by atoms with Crippen LogP contribution in [0.1, 0.15) is 57.6 Å². The molecule has 1 aliphatic carbocycles.